The topological polar surface area (TPSA) is 114 Å². The molecule has 0 spiro atoms. The Morgan fingerprint density at radius 1 is 0.973 bits per heavy atom. The molecule has 37 heavy (non-hydrogen) atoms. The van der Waals surface area contributed by atoms with E-state index in [-0.39, 0.29) is 12.3 Å². The molecule has 9 nitrogen and oxygen atoms in total. The second kappa shape index (κ2) is 13.3. The van der Waals surface area contributed by atoms with Crippen molar-refractivity contribution < 1.29 is 42.9 Å². The molecule has 2 rings (SSSR count). The summed E-state index contributed by atoms with van der Waals surface area (Å²) in [7, 11) is 0. The van der Waals surface area contributed by atoms with Gasteiger partial charge < -0.3 is 23.7 Å². The molecular weight excluding hydrogens is 480 g/mol. The van der Waals surface area contributed by atoms with E-state index in [4.69, 9.17) is 23.7 Å². The molecule has 6 atom stereocenters. The van der Waals surface area contributed by atoms with Crippen LogP contribution in [-0.2, 0) is 42.9 Å². The molecule has 0 saturated heterocycles. The lowest BCUT2D eigenvalue weighted by Gasteiger charge is -2.41. The minimum atomic E-state index is -0.983. The van der Waals surface area contributed by atoms with Crippen LogP contribution >= 0.6 is 0 Å². The average Bonchev–Trinajstić information content (AvgIpc) is 2.79. The molecule has 0 bridgehead atoms. The quantitative estimate of drug-likeness (QED) is 0.273. The van der Waals surface area contributed by atoms with Gasteiger partial charge in [-0.1, -0.05) is 23.3 Å². The van der Waals surface area contributed by atoms with Crippen molar-refractivity contribution >= 4 is 23.9 Å². The molecule has 1 aliphatic carbocycles. The largest absolute Gasteiger partial charge is 0.462 e. The zero-order valence-corrected chi connectivity index (χ0v) is 22.7. The van der Waals surface area contributed by atoms with Gasteiger partial charge in [0.1, 0.15) is 6.10 Å². The van der Waals surface area contributed by atoms with Gasteiger partial charge in [0.05, 0.1) is 12.2 Å². The highest BCUT2D eigenvalue weighted by molar-refractivity contribution is 5.68. The first kappa shape index (κ1) is 29.9. The number of carbonyl (C=O) groups excluding carboxylic acids is 4. The lowest BCUT2D eigenvalue weighted by molar-refractivity contribution is -0.182. The highest BCUT2D eigenvalue weighted by Gasteiger charge is 2.46. The summed E-state index contributed by atoms with van der Waals surface area (Å²) >= 11 is 0. The molecule has 204 valence electrons. The molecule has 1 unspecified atom stereocenters. The summed E-state index contributed by atoms with van der Waals surface area (Å²) in [6, 6.07) is 0. The number of hydrogen-bond donors (Lipinski definition) is 0. The van der Waals surface area contributed by atoms with Crippen molar-refractivity contribution in [1.29, 1.82) is 0 Å². The number of carbonyl (C=O) groups is 4. The van der Waals surface area contributed by atoms with Gasteiger partial charge in [-0.2, -0.15) is 0 Å². The molecule has 0 aromatic carbocycles. The lowest BCUT2D eigenvalue weighted by atomic mass is 9.74. The molecule has 1 heterocycles. The average molecular weight is 519 g/mol. The van der Waals surface area contributed by atoms with Crippen LogP contribution in [-0.4, -0.2) is 48.5 Å². The highest BCUT2D eigenvalue weighted by atomic mass is 16.7. The molecule has 0 N–H and O–H groups in total. The first-order valence-corrected chi connectivity index (χ1v) is 12.3. The Bertz CT molecular complexity index is 999. The monoisotopic (exact) mass is 518 g/mol. The highest BCUT2D eigenvalue weighted by Crippen LogP contribution is 2.44. The van der Waals surface area contributed by atoms with Gasteiger partial charge in [0.15, 0.2) is 12.2 Å². The Balaban J connectivity index is 2.63. The zero-order chi connectivity index (χ0) is 27.9. The maximum absolute atomic E-state index is 12.2. The van der Waals surface area contributed by atoms with Crippen molar-refractivity contribution in [2.24, 2.45) is 11.8 Å². The third-order valence-corrected chi connectivity index (χ3v) is 6.07. The van der Waals surface area contributed by atoms with Crippen molar-refractivity contribution in [2.45, 2.75) is 92.3 Å². The third kappa shape index (κ3) is 8.91. The van der Waals surface area contributed by atoms with Crippen molar-refractivity contribution in [2.75, 3.05) is 0 Å². The van der Waals surface area contributed by atoms with E-state index in [1.165, 1.54) is 34.0 Å². The van der Waals surface area contributed by atoms with Gasteiger partial charge in [-0.05, 0) is 45.8 Å². The fourth-order valence-corrected chi connectivity index (χ4v) is 4.81. The Kier molecular flexibility index (Phi) is 10.7. The summed E-state index contributed by atoms with van der Waals surface area (Å²) in [5, 5.41) is 0. The van der Waals surface area contributed by atoms with E-state index in [9.17, 15) is 19.2 Å². The smallest absolute Gasteiger partial charge is 0.305 e. The summed E-state index contributed by atoms with van der Waals surface area (Å²) in [5.74, 6) is -2.93. The van der Waals surface area contributed by atoms with Crippen LogP contribution in [0, 0.1) is 11.8 Å². The Morgan fingerprint density at radius 3 is 2.14 bits per heavy atom. The van der Waals surface area contributed by atoms with E-state index in [2.05, 4.69) is 6.58 Å². The van der Waals surface area contributed by atoms with Gasteiger partial charge in [-0.15, -0.1) is 0 Å². The molecule has 0 fully saturated rings. The van der Waals surface area contributed by atoms with Gasteiger partial charge in [0, 0.05) is 45.6 Å². The van der Waals surface area contributed by atoms with E-state index in [1.807, 2.05) is 26.8 Å². The molecular formula is C28H38O9. The lowest BCUT2D eigenvalue weighted by Crippen LogP contribution is -2.45. The molecule has 0 amide bonds. The minimum Gasteiger partial charge on any atom is -0.462 e. The molecule has 0 saturated carbocycles. The van der Waals surface area contributed by atoms with Gasteiger partial charge >= 0.3 is 23.9 Å². The second-order valence-corrected chi connectivity index (χ2v) is 9.77. The van der Waals surface area contributed by atoms with Gasteiger partial charge in [-0.25, -0.2) is 0 Å². The molecule has 9 heteroatoms. The SMILES string of the molecule is C=C1C[C@@H](OC(C)=O)/C=C(/C)CC[C@@H]2C(C(OC(C)=O)[C@@H](C=C(C)C)OC(C)=O)=CO[C@H](OC(C)=O)[C@@H]12. The van der Waals surface area contributed by atoms with Crippen LogP contribution < -0.4 is 0 Å². The van der Waals surface area contributed by atoms with E-state index in [1.54, 1.807) is 6.08 Å². The summed E-state index contributed by atoms with van der Waals surface area (Å²) < 4.78 is 28.2. The standard InChI is InChI=1S/C28H38O9/c1-15(2)11-25(35-19(6)30)27(36-20(7)31)24-14-33-28(37-21(8)32)26-17(4)13-22(34-18(5)29)12-16(3)9-10-23(24)26/h11-12,14,22-23,25-28H,4,9-10,13H2,1-3,5-8H3/b16-12-/t22-,23+,25+,26-,27?,28+/m0/s1. The molecule has 1 aliphatic heterocycles. The minimum absolute atomic E-state index is 0.284. The number of hydrogen-bond acceptors (Lipinski definition) is 9. The maximum atomic E-state index is 12.2. The molecule has 0 aromatic rings. The van der Waals surface area contributed by atoms with E-state index < -0.39 is 54.4 Å². The van der Waals surface area contributed by atoms with Crippen molar-refractivity contribution in [1.82, 2.24) is 0 Å². The Labute approximate surface area is 218 Å². The summed E-state index contributed by atoms with van der Waals surface area (Å²) in [6.07, 6.45) is 3.09. The fraction of sp³-hybridized carbons (Fsp3) is 0.571. The van der Waals surface area contributed by atoms with Crippen molar-refractivity contribution in [3.63, 3.8) is 0 Å². The normalized spacial score (nSPS) is 26.5. The van der Waals surface area contributed by atoms with Crippen molar-refractivity contribution in [3.8, 4) is 0 Å². The predicted molar refractivity (Wildman–Crippen MR) is 135 cm³/mol. The number of allylic oxidation sites excluding steroid dienone is 2. The van der Waals surface area contributed by atoms with Crippen LogP contribution in [0.1, 0.15) is 67.7 Å². The van der Waals surface area contributed by atoms with Crippen LogP contribution in [0.15, 0.2) is 47.3 Å². The van der Waals surface area contributed by atoms with E-state index >= 15 is 0 Å². The Hall–Kier alpha value is -3.36. The molecule has 0 aromatic heterocycles. The third-order valence-electron chi connectivity index (χ3n) is 6.07. The number of esters is 4. The summed E-state index contributed by atoms with van der Waals surface area (Å²) in [6.45, 7) is 15.1. The van der Waals surface area contributed by atoms with E-state index in [0.717, 1.165) is 11.1 Å². The zero-order valence-electron chi connectivity index (χ0n) is 22.7. The van der Waals surface area contributed by atoms with Crippen LogP contribution in [0.3, 0.4) is 0 Å². The van der Waals surface area contributed by atoms with Crippen LogP contribution in [0.5, 0.6) is 0 Å². The van der Waals surface area contributed by atoms with Crippen LogP contribution in [0.2, 0.25) is 0 Å². The second-order valence-electron chi connectivity index (χ2n) is 9.77. The van der Waals surface area contributed by atoms with Crippen LogP contribution in [0.25, 0.3) is 0 Å². The summed E-state index contributed by atoms with van der Waals surface area (Å²) in [4.78, 5) is 47.8. The van der Waals surface area contributed by atoms with E-state index in [0.29, 0.717) is 24.0 Å². The molecule has 2 aliphatic rings. The predicted octanol–water partition coefficient (Wildman–Crippen LogP) is 4.47. The first-order valence-electron chi connectivity index (χ1n) is 12.3. The van der Waals surface area contributed by atoms with Gasteiger partial charge in [0.2, 0.25) is 6.29 Å². The number of ether oxygens (including phenoxy) is 5. The molecule has 0 radical (unpaired) electrons. The number of rotatable bonds is 7. The summed E-state index contributed by atoms with van der Waals surface area (Å²) in [5.41, 5.74) is 3.08. The van der Waals surface area contributed by atoms with Crippen molar-refractivity contribution in [3.05, 3.63) is 47.3 Å². The fourth-order valence-electron chi connectivity index (χ4n) is 4.81. The van der Waals surface area contributed by atoms with Crippen LogP contribution in [0.4, 0.5) is 0 Å². The maximum Gasteiger partial charge on any atom is 0.305 e. The van der Waals surface area contributed by atoms with Gasteiger partial charge in [0.25, 0.3) is 0 Å². The Morgan fingerprint density at radius 2 is 1.59 bits per heavy atom. The first-order chi connectivity index (χ1) is 17.3. The number of fused-ring (bicyclic) bond motifs is 1. The van der Waals surface area contributed by atoms with Gasteiger partial charge in [-0.3, -0.25) is 19.2 Å².